The van der Waals surface area contributed by atoms with Crippen LogP contribution < -0.4 is 5.32 Å². The molecular formula is C12H15BrN2O2. The zero-order chi connectivity index (χ0) is 12.4. The van der Waals surface area contributed by atoms with Gasteiger partial charge in [0.25, 0.3) is 5.69 Å². The average Bonchev–Trinajstić information content (AvgIpc) is 3.08. The molecular weight excluding hydrogens is 284 g/mol. The Labute approximate surface area is 109 Å². The number of nitrogens with one attached hydrogen (secondary N) is 1. The van der Waals surface area contributed by atoms with Gasteiger partial charge in [-0.3, -0.25) is 10.1 Å². The van der Waals surface area contributed by atoms with E-state index >= 15 is 0 Å². The molecule has 1 aromatic carbocycles. The Morgan fingerprint density at radius 3 is 2.82 bits per heavy atom. The molecule has 0 bridgehead atoms. The normalized spacial score (nSPS) is 16.8. The van der Waals surface area contributed by atoms with Crippen LogP contribution in [-0.4, -0.2) is 11.0 Å². The maximum Gasteiger partial charge on any atom is 0.270 e. The number of benzene rings is 1. The van der Waals surface area contributed by atoms with Crippen LogP contribution in [-0.2, 0) is 6.54 Å². The molecule has 0 radical (unpaired) electrons. The second kappa shape index (κ2) is 5.14. The number of hydrogen-bond donors (Lipinski definition) is 1. The van der Waals surface area contributed by atoms with Gasteiger partial charge in [0.15, 0.2) is 0 Å². The summed E-state index contributed by atoms with van der Waals surface area (Å²) in [5.74, 6) is 0.789. The van der Waals surface area contributed by atoms with Gasteiger partial charge in [0, 0.05) is 29.2 Å². The van der Waals surface area contributed by atoms with Gasteiger partial charge in [-0.05, 0) is 37.3 Å². The first-order valence-corrected chi connectivity index (χ1v) is 6.53. The van der Waals surface area contributed by atoms with Crippen molar-refractivity contribution >= 4 is 21.6 Å². The highest BCUT2D eigenvalue weighted by atomic mass is 79.9. The van der Waals surface area contributed by atoms with Crippen molar-refractivity contribution in [2.24, 2.45) is 5.92 Å². The molecule has 0 spiro atoms. The highest BCUT2D eigenvalue weighted by molar-refractivity contribution is 9.10. The Morgan fingerprint density at radius 2 is 2.24 bits per heavy atom. The maximum absolute atomic E-state index is 10.7. The lowest BCUT2D eigenvalue weighted by Crippen LogP contribution is -2.27. The first kappa shape index (κ1) is 12.5. The van der Waals surface area contributed by atoms with E-state index in [1.165, 1.54) is 18.9 Å². The van der Waals surface area contributed by atoms with Crippen LogP contribution in [0.4, 0.5) is 5.69 Å². The molecule has 1 aliphatic rings. The Kier molecular flexibility index (Phi) is 3.79. The molecule has 0 aliphatic heterocycles. The number of nitrogens with zero attached hydrogens (tertiary/aromatic N) is 1. The molecule has 0 heterocycles. The average molecular weight is 299 g/mol. The van der Waals surface area contributed by atoms with Crippen LogP contribution in [0.15, 0.2) is 22.7 Å². The predicted molar refractivity (Wildman–Crippen MR) is 69.8 cm³/mol. The Morgan fingerprint density at radius 1 is 1.53 bits per heavy atom. The summed E-state index contributed by atoms with van der Waals surface area (Å²) in [5.41, 5.74) is 1.08. The third-order valence-corrected chi connectivity index (χ3v) is 3.57. The van der Waals surface area contributed by atoms with Crippen molar-refractivity contribution in [3.8, 4) is 0 Å². The molecule has 0 amide bonds. The molecule has 1 fully saturated rings. The van der Waals surface area contributed by atoms with E-state index in [0.29, 0.717) is 12.6 Å². The molecule has 17 heavy (non-hydrogen) atoms. The minimum Gasteiger partial charge on any atom is -0.310 e. The molecule has 1 aromatic rings. The Balaban J connectivity index is 2.01. The molecule has 2 rings (SSSR count). The van der Waals surface area contributed by atoms with E-state index in [1.54, 1.807) is 6.07 Å². The SMILES string of the molecule is CC(NCc1cc(Br)cc([N+](=O)[O-])c1)C1CC1. The van der Waals surface area contributed by atoms with Crippen molar-refractivity contribution in [3.05, 3.63) is 38.3 Å². The summed E-state index contributed by atoms with van der Waals surface area (Å²) < 4.78 is 0.752. The number of nitro benzene ring substituents is 1. The largest absolute Gasteiger partial charge is 0.310 e. The lowest BCUT2D eigenvalue weighted by atomic mass is 10.1. The quantitative estimate of drug-likeness (QED) is 0.670. The van der Waals surface area contributed by atoms with Crippen molar-refractivity contribution in [3.63, 3.8) is 0 Å². The van der Waals surface area contributed by atoms with Gasteiger partial charge < -0.3 is 5.32 Å². The lowest BCUT2D eigenvalue weighted by Gasteiger charge is -2.12. The molecule has 0 saturated heterocycles. The van der Waals surface area contributed by atoms with Gasteiger partial charge in [0.1, 0.15) is 0 Å². The fraction of sp³-hybridized carbons (Fsp3) is 0.500. The van der Waals surface area contributed by atoms with E-state index in [1.807, 2.05) is 6.07 Å². The third kappa shape index (κ3) is 3.51. The standard InChI is InChI=1S/C12H15BrN2O2/c1-8(10-2-3-10)14-7-9-4-11(13)6-12(5-9)15(16)17/h4-6,8,10,14H,2-3,7H2,1H3. The molecule has 92 valence electrons. The monoisotopic (exact) mass is 298 g/mol. The van der Waals surface area contributed by atoms with E-state index in [9.17, 15) is 10.1 Å². The number of halogens is 1. The number of hydrogen-bond acceptors (Lipinski definition) is 3. The smallest absolute Gasteiger partial charge is 0.270 e. The minimum absolute atomic E-state index is 0.134. The van der Waals surface area contributed by atoms with Gasteiger partial charge in [-0.2, -0.15) is 0 Å². The molecule has 1 N–H and O–H groups in total. The van der Waals surface area contributed by atoms with Crippen LogP contribution in [0.25, 0.3) is 0 Å². The summed E-state index contributed by atoms with van der Waals surface area (Å²) in [6, 6.07) is 5.55. The van der Waals surface area contributed by atoms with Crippen molar-refractivity contribution in [1.29, 1.82) is 0 Å². The lowest BCUT2D eigenvalue weighted by molar-refractivity contribution is -0.385. The highest BCUT2D eigenvalue weighted by Crippen LogP contribution is 2.32. The van der Waals surface area contributed by atoms with E-state index in [-0.39, 0.29) is 10.6 Å². The van der Waals surface area contributed by atoms with E-state index in [0.717, 1.165) is 16.0 Å². The van der Waals surface area contributed by atoms with Crippen LogP contribution in [0.5, 0.6) is 0 Å². The van der Waals surface area contributed by atoms with Crippen LogP contribution in [0.2, 0.25) is 0 Å². The number of non-ortho nitro benzene ring substituents is 1. The summed E-state index contributed by atoms with van der Waals surface area (Å²) >= 11 is 3.30. The van der Waals surface area contributed by atoms with Crippen LogP contribution >= 0.6 is 15.9 Å². The van der Waals surface area contributed by atoms with Gasteiger partial charge in [0.2, 0.25) is 0 Å². The molecule has 1 aliphatic carbocycles. The van der Waals surface area contributed by atoms with Crippen LogP contribution in [0, 0.1) is 16.0 Å². The maximum atomic E-state index is 10.7. The molecule has 1 unspecified atom stereocenters. The molecule has 4 nitrogen and oxygen atoms in total. The van der Waals surface area contributed by atoms with E-state index < -0.39 is 0 Å². The van der Waals surface area contributed by atoms with Gasteiger partial charge in [-0.1, -0.05) is 15.9 Å². The summed E-state index contributed by atoms with van der Waals surface area (Å²) in [4.78, 5) is 10.4. The summed E-state index contributed by atoms with van der Waals surface area (Å²) in [7, 11) is 0. The number of rotatable bonds is 5. The molecule has 0 aromatic heterocycles. The van der Waals surface area contributed by atoms with Gasteiger partial charge >= 0.3 is 0 Å². The number of nitro groups is 1. The van der Waals surface area contributed by atoms with Gasteiger partial charge in [-0.15, -0.1) is 0 Å². The van der Waals surface area contributed by atoms with E-state index in [4.69, 9.17) is 0 Å². The van der Waals surface area contributed by atoms with Gasteiger partial charge in [0.05, 0.1) is 4.92 Å². The molecule has 5 heteroatoms. The summed E-state index contributed by atoms with van der Waals surface area (Å²) in [6.45, 7) is 2.85. The van der Waals surface area contributed by atoms with Crippen molar-refractivity contribution < 1.29 is 4.92 Å². The van der Waals surface area contributed by atoms with Crippen molar-refractivity contribution in [1.82, 2.24) is 5.32 Å². The summed E-state index contributed by atoms with van der Waals surface area (Å²) in [5, 5.41) is 14.1. The zero-order valence-electron chi connectivity index (χ0n) is 9.65. The first-order valence-electron chi connectivity index (χ1n) is 5.73. The zero-order valence-corrected chi connectivity index (χ0v) is 11.2. The molecule has 1 atom stereocenters. The van der Waals surface area contributed by atoms with Crippen LogP contribution in [0.3, 0.4) is 0 Å². The summed E-state index contributed by atoms with van der Waals surface area (Å²) in [6.07, 6.45) is 2.60. The predicted octanol–water partition coefficient (Wildman–Crippen LogP) is 3.25. The van der Waals surface area contributed by atoms with Gasteiger partial charge in [-0.25, -0.2) is 0 Å². The van der Waals surface area contributed by atoms with E-state index in [2.05, 4.69) is 28.2 Å². The molecule has 1 saturated carbocycles. The van der Waals surface area contributed by atoms with Crippen molar-refractivity contribution in [2.45, 2.75) is 32.4 Å². The second-order valence-corrected chi connectivity index (χ2v) is 5.50. The third-order valence-electron chi connectivity index (χ3n) is 3.11. The fourth-order valence-electron chi connectivity index (χ4n) is 1.88. The Bertz CT molecular complexity index is 433. The fourth-order valence-corrected chi connectivity index (χ4v) is 2.41. The van der Waals surface area contributed by atoms with Crippen molar-refractivity contribution in [2.75, 3.05) is 0 Å². The highest BCUT2D eigenvalue weighted by Gasteiger charge is 2.27. The first-order chi connectivity index (χ1) is 8.06. The topological polar surface area (TPSA) is 55.2 Å². The Hall–Kier alpha value is -0.940. The minimum atomic E-state index is -0.363. The second-order valence-electron chi connectivity index (χ2n) is 4.58. The van der Waals surface area contributed by atoms with Crippen LogP contribution in [0.1, 0.15) is 25.3 Å².